The fraction of sp³-hybridized carbons (Fsp3) is 0.690. The van der Waals surface area contributed by atoms with Crippen molar-refractivity contribution in [1.82, 2.24) is 5.32 Å². The van der Waals surface area contributed by atoms with Gasteiger partial charge in [-0.2, -0.15) is 0 Å². The Morgan fingerprint density at radius 3 is 2.03 bits per heavy atom. The van der Waals surface area contributed by atoms with Crippen LogP contribution in [0.1, 0.15) is 109 Å². The molecule has 0 aliphatic carbocycles. The van der Waals surface area contributed by atoms with Crippen LogP contribution in [0.25, 0.3) is 0 Å². The quantitative estimate of drug-likeness (QED) is 0.176. The Morgan fingerprint density at radius 2 is 1.47 bits per heavy atom. The van der Waals surface area contributed by atoms with Crippen LogP contribution < -0.4 is 20.5 Å². The van der Waals surface area contributed by atoms with E-state index in [4.69, 9.17) is 15.2 Å². The number of unbranched alkanes of at least 4 members (excludes halogenated alkanes) is 14. The van der Waals surface area contributed by atoms with E-state index in [2.05, 4.69) is 18.3 Å². The van der Waals surface area contributed by atoms with E-state index in [0.29, 0.717) is 31.1 Å². The van der Waals surface area contributed by atoms with Crippen LogP contribution in [0.4, 0.5) is 0 Å². The molecule has 3 N–H and O–H groups in total. The zero-order chi connectivity index (χ0) is 24.7. The van der Waals surface area contributed by atoms with E-state index in [-0.39, 0.29) is 5.91 Å². The smallest absolute Gasteiger partial charge is 0.228 e. The van der Waals surface area contributed by atoms with Gasteiger partial charge in [-0.05, 0) is 36.7 Å². The zero-order valence-corrected chi connectivity index (χ0v) is 21.9. The summed E-state index contributed by atoms with van der Waals surface area (Å²) in [5.74, 6) is 1.23. The lowest BCUT2D eigenvalue weighted by Crippen LogP contribution is -2.19. The second-order valence-corrected chi connectivity index (χ2v) is 9.15. The minimum absolute atomic E-state index is 0.0325. The summed E-state index contributed by atoms with van der Waals surface area (Å²) in [4.78, 5) is 12.2. The highest BCUT2D eigenvalue weighted by Crippen LogP contribution is 2.28. The Labute approximate surface area is 208 Å². The number of nitrogens with one attached hydrogen (secondary N) is 1. The van der Waals surface area contributed by atoms with E-state index in [1.54, 1.807) is 13.3 Å². The third kappa shape index (κ3) is 15.8. The van der Waals surface area contributed by atoms with Gasteiger partial charge < -0.3 is 20.5 Å². The lowest BCUT2D eigenvalue weighted by molar-refractivity contribution is -0.119. The molecule has 1 aromatic rings. The third-order valence-electron chi connectivity index (χ3n) is 6.05. The molecule has 5 nitrogen and oxygen atoms in total. The normalized spacial score (nSPS) is 11.1. The van der Waals surface area contributed by atoms with Crippen molar-refractivity contribution in [3.05, 3.63) is 36.0 Å². The second-order valence-electron chi connectivity index (χ2n) is 9.15. The Morgan fingerprint density at radius 1 is 0.882 bits per heavy atom. The van der Waals surface area contributed by atoms with Crippen LogP contribution in [-0.2, 0) is 11.2 Å². The van der Waals surface area contributed by atoms with Gasteiger partial charge >= 0.3 is 0 Å². The van der Waals surface area contributed by atoms with Crippen molar-refractivity contribution in [2.24, 2.45) is 5.73 Å². The number of hydrogen-bond acceptors (Lipinski definition) is 4. The van der Waals surface area contributed by atoms with Crippen molar-refractivity contribution < 1.29 is 14.3 Å². The first-order chi connectivity index (χ1) is 16.7. The molecule has 0 saturated heterocycles. The van der Waals surface area contributed by atoms with Gasteiger partial charge in [-0.3, -0.25) is 4.79 Å². The van der Waals surface area contributed by atoms with Gasteiger partial charge in [0, 0.05) is 6.54 Å². The SMILES string of the molecule is CCCCCCCCCCCCCCCCC=CNC(=O)Cc1ccc(OCCN)c(OC)c1. The predicted octanol–water partition coefficient (Wildman–Crippen LogP) is 7.08. The highest BCUT2D eigenvalue weighted by Gasteiger charge is 2.08. The van der Waals surface area contributed by atoms with Gasteiger partial charge in [0.2, 0.25) is 5.91 Å². The van der Waals surface area contributed by atoms with Crippen molar-refractivity contribution >= 4 is 5.91 Å². The molecular weight excluding hydrogens is 424 g/mol. The number of ether oxygens (including phenoxy) is 2. The van der Waals surface area contributed by atoms with Crippen LogP contribution in [0, 0.1) is 0 Å². The molecule has 0 aromatic heterocycles. The van der Waals surface area contributed by atoms with Gasteiger partial charge in [0.15, 0.2) is 11.5 Å². The first-order valence-electron chi connectivity index (χ1n) is 13.7. The lowest BCUT2D eigenvalue weighted by atomic mass is 10.0. The van der Waals surface area contributed by atoms with Crippen molar-refractivity contribution in [3.8, 4) is 11.5 Å². The van der Waals surface area contributed by atoms with E-state index < -0.39 is 0 Å². The molecular formula is C29H50N2O3. The largest absolute Gasteiger partial charge is 0.493 e. The van der Waals surface area contributed by atoms with Crippen LogP contribution in [0.15, 0.2) is 30.5 Å². The number of methoxy groups -OCH3 is 1. The van der Waals surface area contributed by atoms with E-state index in [0.717, 1.165) is 12.0 Å². The molecule has 0 saturated carbocycles. The minimum atomic E-state index is -0.0325. The molecule has 0 heterocycles. The molecule has 34 heavy (non-hydrogen) atoms. The zero-order valence-electron chi connectivity index (χ0n) is 21.9. The number of allylic oxidation sites excluding steroid dienone is 1. The van der Waals surface area contributed by atoms with Crippen molar-refractivity contribution in [1.29, 1.82) is 0 Å². The third-order valence-corrected chi connectivity index (χ3v) is 6.05. The standard InChI is InChI=1S/C29H50N2O3/c1-3-4-5-6-7-8-9-10-11-12-13-14-15-16-17-18-22-31-29(32)25-26-19-20-27(34-23-21-30)28(24-26)33-2/h18-20,22,24H,3-17,21,23,25,30H2,1-2H3,(H,31,32). The summed E-state index contributed by atoms with van der Waals surface area (Å²) < 4.78 is 10.9. The average molecular weight is 475 g/mol. The summed E-state index contributed by atoms with van der Waals surface area (Å²) in [5.41, 5.74) is 6.36. The van der Waals surface area contributed by atoms with Crippen LogP contribution in [0.3, 0.4) is 0 Å². The van der Waals surface area contributed by atoms with E-state index >= 15 is 0 Å². The number of amides is 1. The Bertz CT molecular complexity index is 661. The molecule has 0 unspecified atom stereocenters. The summed E-state index contributed by atoms with van der Waals surface area (Å²) in [6, 6.07) is 5.54. The highest BCUT2D eigenvalue weighted by molar-refractivity contribution is 5.79. The van der Waals surface area contributed by atoms with Crippen molar-refractivity contribution in [2.75, 3.05) is 20.3 Å². The van der Waals surface area contributed by atoms with Crippen LogP contribution in [0.2, 0.25) is 0 Å². The van der Waals surface area contributed by atoms with E-state index in [1.807, 2.05) is 18.2 Å². The number of benzene rings is 1. The molecule has 1 amide bonds. The fourth-order valence-corrected chi connectivity index (χ4v) is 4.04. The van der Waals surface area contributed by atoms with Crippen molar-refractivity contribution in [2.45, 2.75) is 110 Å². The molecule has 1 aromatic carbocycles. The maximum Gasteiger partial charge on any atom is 0.228 e. The lowest BCUT2D eigenvalue weighted by Gasteiger charge is -2.11. The topological polar surface area (TPSA) is 73.6 Å². The molecule has 0 aliphatic heterocycles. The molecule has 0 radical (unpaired) electrons. The molecule has 0 fully saturated rings. The van der Waals surface area contributed by atoms with Gasteiger partial charge in [0.05, 0.1) is 13.5 Å². The van der Waals surface area contributed by atoms with Gasteiger partial charge in [0.1, 0.15) is 6.61 Å². The molecule has 0 spiro atoms. The number of rotatable bonds is 22. The summed E-state index contributed by atoms with van der Waals surface area (Å²) in [6.45, 7) is 3.15. The minimum Gasteiger partial charge on any atom is -0.493 e. The molecule has 1 rings (SSSR count). The first kappa shape index (κ1) is 30.0. The maximum atomic E-state index is 12.2. The number of nitrogens with two attached hydrogens (primary N) is 1. The summed E-state index contributed by atoms with van der Waals surface area (Å²) in [6.07, 6.45) is 24.4. The number of carbonyl (C=O) groups excluding carboxylic acids is 1. The van der Waals surface area contributed by atoms with E-state index in [9.17, 15) is 4.79 Å². The predicted molar refractivity (Wildman–Crippen MR) is 143 cm³/mol. The Kier molecular flexibility index (Phi) is 19.0. The summed E-state index contributed by atoms with van der Waals surface area (Å²) in [7, 11) is 1.59. The van der Waals surface area contributed by atoms with Crippen LogP contribution in [-0.4, -0.2) is 26.2 Å². The highest BCUT2D eigenvalue weighted by atomic mass is 16.5. The monoisotopic (exact) mass is 474 g/mol. The first-order valence-corrected chi connectivity index (χ1v) is 13.7. The Hall–Kier alpha value is -2.01. The molecule has 0 atom stereocenters. The van der Waals surface area contributed by atoms with Crippen LogP contribution >= 0.6 is 0 Å². The van der Waals surface area contributed by atoms with Gasteiger partial charge in [-0.1, -0.05) is 103 Å². The maximum absolute atomic E-state index is 12.2. The summed E-state index contributed by atoms with van der Waals surface area (Å²) in [5, 5.41) is 2.86. The molecule has 0 bridgehead atoms. The van der Waals surface area contributed by atoms with Crippen molar-refractivity contribution in [3.63, 3.8) is 0 Å². The average Bonchev–Trinajstić information content (AvgIpc) is 2.85. The second kappa shape index (κ2) is 21.5. The Balaban J connectivity index is 2.00. The number of carbonyl (C=O) groups is 1. The van der Waals surface area contributed by atoms with Gasteiger partial charge in [0.25, 0.3) is 0 Å². The summed E-state index contributed by atoms with van der Waals surface area (Å²) >= 11 is 0. The van der Waals surface area contributed by atoms with Gasteiger partial charge in [-0.25, -0.2) is 0 Å². The molecule has 194 valence electrons. The molecule has 5 heteroatoms. The van der Waals surface area contributed by atoms with E-state index in [1.165, 1.54) is 89.9 Å². The van der Waals surface area contributed by atoms with Crippen LogP contribution in [0.5, 0.6) is 11.5 Å². The molecule has 0 aliphatic rings. The number of hydrogen-bond donors (Lipinski definition) is 2. The fourth-order valence-electron chi connectivity index (χ4n) is 4.04. The van der Waals surface area contributed by atoms with Gasteiger partial charge in [-0.15, -0.1) is 0 Å².